The first-order valence-electron chi connectivity index (χ1n) is 9.25. The average Bonchev–Trinajstić information content (AvgIpc) is 2.72. The topological polar surface area (TPSA) is 21.3 Å². The van der Waals surface area contributed by atoms with Crippen molar-refractivity contribution < 1.29 is 4.74 Å². The van der Waals surface area contributed by atoms with Gasteiger partial charge in [-0.3, -0.25) is 0 Å². The van der Waals surface area contributed by atoms with Crippen LogP contribution in [0.15, 0.2) is 84.9 Å². The van der Waals surface area contributed by atoms with Crippen molar-refractivity contribution in [3.63, 3.8) is 0 Å². The molecule has 26 heavy (non-hydrogen) atoms. The van der Waals surface area contributed by atoms with Crippen LogP contribution < -0.4 is 10.1 Å². The van der Waals surface area contributed by atoms with Crippen molar-refractivity contribution in [2.75, 3.05) is 7.11 Å². The summed E-state index contributed by atoms with van der Waals surface area (Å²) in [6.07, 6.45) is 2.14. The average molecular weight is 345 g/mol. The summed E-state index contributed by atoms with van der Waals surface area (Å²) in [7, 11) is 1.70. The van der Waals surface area contributed by atoms with Gasteiger partial charge < -0.3 is 10.1 Å². The monoisotopic (exact) mass is 345 g/mol. The largest absolute Gasteiger partial charge is 0.497 e. The third kappa shape index (κ3) is 4.96. The number of hydrogen-bond acceptors (Lipinski definition) is 2. The lowest BCUT2D eigenvalue weighted by molar-refractivity contribution is 0.414. The van der Waals surface area contributed by atoms with Gasteiger partial charge in [0.2, 0.25) is 0 Å². The summed E-state index contributed by atoms with van der Waals surface area (Å²) in [6, 6.07) is 30.3. The van der Waals surface area contributed by atoms with E-state index in [2.05, 4.69) is 85.0 Å². The summed E-state index contributed by atoms with van der Waals surface area (Å²) < 4.78 is 5.23. The van der Waals surface area contributed by atoms with Gasteiger partial charge in [-0.1, -0.05) is 72.8 Å². The van der Waals surface area contributed by atoms with Crippen LogP contribution in [0.2, 0.25) is 0 Å². The molecule has 0 fully saturated rings. The lowest BCUT2D eigenvalue weighted by Gasteiger charge is -2.24. The lowest BCUT2D eigenvalue weighted by Crippen LogP contribution is -2.31. The Morgan fingerprint density at radius 2 is 1.31 bits per heavy atom. The highest BCUT2D eigenvalue weighted by Crippen LogP contribution is 2.23. The molecule has 134 valence electrons. The Hall–Kier alpha value is -2.58. The van der Waals surface area contributed by atoms with E-state index in [9.17, 15) is 0 Å². The van der Waals surface area contributed by atoms with Gasteiger partial charge in [-0.15, -0.1) is 0 Å². The molecule has 0 amide bonds. The minimum Gasteiger partial charge on any atom is -0.497 e. The van der Waals surface area contributed by atoms with Gasteiger partial charge >= 0.3 is 0 Å². The standard InChI is InChI=1S/C24H27NO/c1-19(13-14-20-15-17-23(26-2)18-16-20)25-24(21-9-5-3-6-10-21)22-11-7-4-8-12-22/h3-12,15-19,24-25H,13-14H2,1-2H3/t19-/m0/s1. The van der Waals surface area contributed by atoms with Crippen LogP contribution in [0.4, 0.5) is 0 Å². The van der Waals surface area contributed by atoms with Crippen LogP contribution in [0.25, 0.3) is 0 Å². The minimum absolute atomic E-state index is 0.211. The zero-order chi connectivity index (χ0) is 18.2. The van der Waals surface area contributed by atoms with Crippen LogP contribution in [0.1, 0.15) is 36.1 Å². The van der Waals surface area contributed by atoms with Crippen molar-refractivity contribution in [3.05, 3.63) is 102 Å². The minimum atomic E-state index is 0.211. The van der Waals surface area contributed by atoms with Crippen molar-refractivity contribution >= 4 is 0 Å². The fraction of sp³-hybridized carbons (Fsp3) is 0.250. The van der Waals surface area contributed by atoms with Crippen molar-refractivity contribution in [1.82, 2.24) is 5.32 Å². The molecule has 2 nitrogen and oxygen atoms in total. The van der Waals surface area contributed by atoms with E-state index in [0.29, 0.717) is 6.04 Å². The van der Waals surface area contributed by atoms with Crippen molar-refractivity contribution in [1.29, 1.82) is 0 Å². The molecule has 1 N–H and O–H groups in total. The number of aryl methyl sites for hydroxylation is 1. The van der Waals surface area contributed by atoms with Gasteiger partial charge in [0.05, 0.1) is 13.2 Å². The molecule has 0 aliphatic carbocycles. The molecule has 3 aromatic carbocycles. The second-order valence-corrected chi connectivity index (χ2v) is 6.71. The highest BCUT2D eigenvalue weighted by Gasteiger charge is 2.16. The Balaban J connectivity index is 1.66. The number of hydrogen-bond donors (Lipinski definition) is 1. The number of benzene rings is 3. The highest BCUT2D eigenvalue weighted by atomic mass is 16.5. The molecule has 0 heterocycles. The summed E-state index contributed by atoms with van der Waals surface area (Å²) in [5.41, 5.74) is 3.94. The van der Waals surface area contributed by atoms with E-state index in [1.54, 1.807) is 7.11 Å². The first kappa shape index (κ1) is 18.2. The summed E-state index contributed by atoms with van der Waals surface area (Å²) in [5, 5.41) is 3.82. The highest BCUT2D eigenvalue weighted by molar-refractivity contribution is 5.32. The van der Waals surface area contributed by atoms with E-state index < -0.39 is 0 Å². The third-order valence-corrected chi connectivity index (χ3v) is 4.74. The Labute approximate surface area is 156 Å². The van der Waals surface area contributed by atoms with E-state index >= 15 is 0 Å². The molecule has 3 rings (SSSR count). The second kappa shape index (κ2) is 9.21. The molecule has 0 spiro atoms. The maximum Gasteiger partial charge on any atom is 0.118 e. The molecule has 0 bridgehead atoms. The molecular formula is C24H27NO. The zero-order valence-corrected chi connectivity index (χ0v) is 15.6. The molecule has 1 atom stereocenters. The number of rotatable bonds is 8. The lowest BCUT2D eigenvalue weighted by atomic mass is 9.97. The van der Waals surface area contributed by atoms with Crippen LogP contribution in [0, 0.1) is 0 Å². The van der Waals surface area contributed by atoms with E-state index in [4.69, 9.17) is 4.74 Å². The van der Waals surface area contributed by atoms with Gasteiger partial charge in [0.1, 0.15) is 5.75 Å². The molecule has 0 aliphatic heterocycles. The van der Waals surface area contributed by atoms with Gasteiger partial charge in [0.15, 0.2) is 0 Å². The van der Waals surface area contributed by atoms with Gasteiger partial charge in [0, 0.05) is 6.04 Å². The van der Waals surface area contributed by atoms with Crippen LogP contribution in [0.3, 0.4) is 0 Å². The SMILES string of the molecule is COc1ccc(CC[C@H](C)NC(c2ccccc2)c2ccccc2)cc1. The van der Waals surface area contributed by atoms with Crippen LogP contribution >= 0.6 is 0 Å². The molecule has 0 aromatic heterocycles. The smallest absolute Gasteiger partial charge is 0.118 e. The summed E-state index contributed by atoms with van der Waals surface area (Å²) in [6.45, 7) is 2.27. The van der Waals surface area contributed by atoms with E-state index in [-0.39, 0.29) is 6.04 Å². The van der Waals surface area contributed by atoms with Crippen LogP contribution in [0.5, 0.6) is 5.75 Å². The Morgan fingerprint density at radius 3 is 1.81 bits per heavy atom. The van der Waals surface area contributed by atoms with Gasteiger partial charge in [-0.25, -0.2) is 0 Å². The number of nitrogens with one attached hydrogen (secondary N) is 1. The van der Waals surface area contributed by atoms with Crippen LogP contribution in [-0.2, 0) is 6.42 Å². The third-order valence-electron chi connectivity index (χ3n) is 4.74. The quantitative estimate of drug-likeness (QED) is 0.590. The van der Waals surface area contributed by atoms with Gasteiger partial charge in [-0.05, 0) is 48.6 Å². The fourth-order valence-electron chi connectivity index (χ4n) is 3.22. The normalized spacial score (nSPS) is 12.1. The summed E-state index contributed by atoms with van der Waals surface area (Å²) in [5.74, 6) is 0.910. The Bertz CT molecular complexity index is 729. The van der Waals surface area contributed by atoms with E-state index in [0.717, 1.165) is 18.6 Å². The van der Waals surface area contributed by atoms with E-state index in [1.165, 1.54) is 16.7 Å². The molecule has 3 aromatic rings. The second-order valence-electron chi connectivity index (χ2n) is 6.71. The zero-order valence-electron chi connectivity index (χ0n) is 15.6. The predicted molar refractivity (Wildman–Crippen MR) is 109 cm³/mol. The summed E-state index contributed by atoms with van der Waals surface area (Å²) >= 11 is 0. The molecule has 0 aliphatic rings. The Kier molecular flexibility index (Phi) is 6.45. The van der Waals surface area contributed by atoms with Crippen molar-refractivity contribution in [2.24, 2.45) is 0 Å². The molecule has 0 radical (unpaired) electrons. The van der Waals surface area contributed by atoms with Crippen molar-refractivity contribution in [2.45, 2.75) is 31.8 Å². The molecular weight excluding hydrogens is 318 g/mol. The molecule has 2 heteroatoms. The van der Waals surface area contributed by atoms with Crippen LogP contribution in [-0.4, -0.2) is 13.2 Å². The molecule has 0 unspecified atom stereocenters. The molecule has 0 saturated carbocycles. The Morgan fingerprint density at radius 1 is 0.769 bits per heavy atom. The predicted octanol–water partition coefficient (Wildman–Crippen LogP) is 5.40. The first-order valence-corrected chi connectivity index (χ1v) is 9.25. The van der Waals surface area contributed by atoms with Gasteiger partial charge in [-0.2, -0.15) is 0 Å². The number of ether oxygens (including phenoxy) is 1. The van der Waals surface area contributed by atoms with Gasteiger partial charge in [0.25, 0.3) is 0 Å². The summed E-state index contributed by atoms with van der Waals surface area (Å²) in [4.78, 5) is 0. The maximum atomic E-state index is 5.23. The number of methoxy groups -OCH3 is 1. The fourth-order valence-corrected chi connectivity index (χ4v) is 3.22. The molecule has 0 saturated heterocycles. The van der Waals surface area contributed by atoms with Crippen molar-refractivity contribution in [3.8, 4) is 5.75 Å². The maximum absolute atomic E-state index is 5.23. The first-order chi connectivity index (χ1) is 12.8. The van der Waals surface area contributed by atoms with E-state index in [1.807, 2.05) is 12.1 Å².